The van der Waals surface area contributed by atoms with Crippen LogP contribution in [-0.4, -0.2) is 40.8 Å². The molecule has 0 fully saturated rings. The van der Waals surface area contributed by atoms with Crippen LogP contribution in [0.4, 0.5) is 26.3 Å². The highest BCUT2D eigenvalue weighted by atomic mass is 19.4. The van der Waals surface area contributed by atoms with Gasteiger partial charge in [0.1, 0.15) is 17.2 Å². The Kier molecular flexibility index (Phi) is 11.2. The molecule has 0 bridgehead atoms. The van der Waals surface area contributed by atoms with Crippen molar-refractivity contribution in [1.82, 2.24) is 0 Å². The van der Waals surface area contributed by atoms with Gasteiger partial charge in [-0.05, 0) is 120 Å². The molecule has 322 valence electrons. The van der Waals surface area contributed by atoms with Gasteiger partial charge in [-0.3, -0.25) is 0 Å². The van der Waals surface area contributed by atoms with E-state index < -0.39 is 36.2 Å². The van der Waals surface area contributed by atoms with Gasteiger partial charge in [0, 0.05) is 40.3 Å². The van der Waals surface area contributed by atoms with E-state index in [0.29, 0.717) is 61.8 Å². The van der Waals surface area contributed by atoms with E-state index in [0.717, 1.165) is 33.4 Å². The predicted molar refractivity (Wildman–Crippen MR) is 230 cm³/mol. The van der Waals surface area contributed by atoms with Crippen molar-refractivity contribution in [2.45, 2.75) is 68.8 Å². The number of hydrogen-bond donors (Lipinski definition) is 0. The second-order valence-electron chi connectivity index (χ2n) is 16.0. The predicted octanol–water partition coefficient (Wildman–Crippen LogP) is 13.9. The molecule has 2 aliphatic rings. The van der Waals surface area contributed by atoms with Crippen LogP contribution >= 0.6 is 0 Å². The fourth-order valence-electron chi connectivity index (χ4n) is 9.44. The summed E-state index contributed by atoms with van der Waals surface area (Å²) in [6.45, 7) is 1.97. The summed E-state index contributed by atoms with van der Waals surface area (Å²) in [4.78, 5) is 0. The second-order valence-corrected chi connectivity index (χ2v) is 16.0. The van der Waals surface area contributed by atoms with Gasteiger partial charge in [0.15, 0.2) is 17.1 Å². The Labute approximate surface area is 356 Å². The number of ether oxygens (including phenoxy) is 5. The molecule has 62 heavy (non-hydrogen) atoms. The molecule has 11 heteroatoms. The van der Waals surface area contributed by atoms with E-state index in [1.165, 1.54) is 14.2 Å². The van der Waals surface area contributed by atoms with Crippen LogP contribution in [0.1, 0.15) is 71.9 Å². The largest absolute Gasteiger partial charge is 0.497 e. The van der Waals surface area contributed by atoms with Gasteiger partial charge in [0.25, 0.3) is 0 Å². The average Bonchev–Trinajstić information content (AvgIpc) is 3.54. The van der Waals surface area contributed by atoms with Gasteiger partial charge in [0.2, 0.25) is 0 Å². The van der Waals surface area contributed by atoms with Crippen LogP contribution in [0.5, 0.6) is 28.7 Å². The molecular weight excluding hydrogens is 807 g/mol. The van der Waals surface area contributed by atoms with Crippen molar-refractivity contribution in [3.05, 3.63) is 143 Å². The van der Waals surface area contributed by atoms with Crippen molar-refractivity contribution >= 4 is 16.8 Å². The summed E-state index contributed by atoms with van der Waals surface area (Å²) >= 11 is 0. The lowest BCUT2D eigenvalue weighted by atomic mass is 9.68. The second kappa shape index (κ2) is 16.3. The Balaban J connectivity index is 1.47. The highest BCUT2D eigenvalue weighted by Gasteiger charge is 2.49. The third kappa shape index (κ3) is 7.71. The van der Waals surface area contributed by atoms with E-state index in [1.807, 2.05) is 122 Å². The maximum absolute atomic E-state index is 14.1. The summed E-state index contributed by atoms with van der Waals surface area (Å²) in [5, 5.41) is 1.28. The first-order valence-electron chi connectivity index (χ1n) is 20.4. The molecule has 0 atom stereocenters. The minimum absolute atomic E-state index is 0.0666. The molecule has 0 aromatic heterocycles. The summed E-state index contributed by atoms with van der Waals surface area (Å²) in [7, 11) is 6.19. The first kappa shape index (κ1) is 42.6. The van der Waals surface area contributed by atoms with Crippen LogP contribution in [0.25, 0.3) is 39.1 Å². The van der Waals surface area contributed by atoms with Gasteiger partial charge in [0.05, 0.1) is 28.4 Å². The zero-order chi connectivity index (χ0) is 44.0. The lowest BCUT2D eigenvalue weighted by molar-refractivity contribution is -0.136. The zero-order valence-electron chi connectivity index (χ0n) is 35.0. The fraction of sp³-hybridized carbons (Fsp3) is 0.294. The number of rotatable bonds is 13. The van der Waals surface area contributed by atoms with E-state index in [2.05, 4.69) is 0 Å². The number of benzene rings is 6. The van der Waals surface area contributed by atoms with Gasteiger partial charge in [-0.1, -0.05) is 72.3 Å². The van der Waals surface area contributed by atoms with Crippen molar-refractivity contribution in [3.8, 4) is 51.0 Å². The number of aryl methyl sites for hydroxylation is 1. The van der Waals surface area contributed by atoms with E-state index in [4.69, 9.17) is 23.7 Å². The summed E-state index contributed by atoms with van der Waals surface area (Å²) < 4.78 is 115. The Morgan fingerprint density at radius 2 is 1.10 bits per heavy atom. The summed E-state index contributed by atoms with van der Waals surface area (Å²) in [6.07, 6.45) is -8.06. The molecule has 0 unspecified atom stereocenters. The van der Waals surface area contributed by atoms with E-state index >= 15 is 0 Å². The lowest BCUT2D eigenvalue weighted by Gasteiger charge is -2.40. The van der Waals surface area contributed by atoms with Crippen molar-refractivity contribution in [1.29, 1.82) is 0 Å². The van der Waals surface area contributed by atoms with Crippen LogP contribution in [0.15, 0.2) is 109 Å². The molecule has 0 amide bonds. The Morgan fingerprint density at radius 3 is 1.60 bits per heavy atom. The molecule has 8 rings (SSSR count). The molecule has 0 N–H and O–H groups in total. The third-order valence-corrected chi connectivity index (χ3v) is 12.4. The highest BCUT2D eigenvalue weighted by Crippen LogP contribution is 2.62. The third-order valence-electron chi connectivity index (χ3n) is 12.4. The van der Waals surface area contributed by atoms with Gasteiger partial charge in [-0.15, -0.1) is 0 Å². The number of methoxy groups -OCH3 is 4. The molecule has 0 radical (unpaired) electrons. The maximum Gasteiger partial charge on any atom is 0.389 e. The van der Waals surface area contributed by atoms with E-state index in [9.17, 15) is 26.3 Å². The van der Waals surface area contributed by atoms with Gasteiger partial charge in [-0.2, -0.15) is 26.3 Å². The molecule has 6 aromatic carbocycles. The Hall–Kier alpha value is -6.10. The topological polar surface area (TPSA) is 46.2 Å². The molecule has 5 nitrogen and oxygen atoms in total. The molecule has 6 aromatic rings. The monoisotopic (exact) mass is 852 g/mol. The number of alkyl halides is 6. The molecule has 0 spiro atoms. The fourth-order valence-corrected chi connectivity index (χ4v) is 9.44. The van der Waals surface area contributed by atoms with Crippen LogP contribution in [0.2, 0.25) is 0 Å². The molecule has 1 aliphatic heterocycles. The minimum Gasteiger partial charge on any atom is -0.497 e. The summed E-state index contributed by atoms with van der Waals surface area (Å²) in [5.41, 5.74) is 4.96. The molecule has 1 heterocycles. The molecule has 0 saturated carbocycles. The van der Waals surface area contributed by atoms with Crippen LogP contribution in [0.3, 0.4) is 0 Å². The number of halogens is 6. The van der Waals surface area contributed by atoms with E-state index in [1.54, 1.807) is 14.2 Å². The molecule has 0 saturated heterocycles. The smallest absolute Gasteiger partial charge is 0.389 e. The number of fused-ring (bicyclic) bond motifs is 8. The lowest BCUT2D eigenvalue weighted by Crippen LogP contribution is -2.35. The zero-order valence-corrected chi connectivity index (χ0v) is 35.0. The van der Waals surface area contributed by atoms with Crippen molar-refractivity contribution < 1.29 is 50.0 Å². The van der Waals surface area contributed by atoms with E-state index in [-0.39, 0.29) is 25.7 Å². The minimum atomic E-state index is -4.48. The molecular formula is C51H46F6O5. The standard InChI is InChI=1S/C51H46F6O5/c1-31-8-10-32(11-9-31)33-12-21-38-42(28-33)48(23-6-25-50(52,53)54,24-7-26-51(55,56)57)46-39-22-27-49(34-13-17-36(58-2)18-14-34,35-15-19-37(59-3)20-16-35)62-47(39)41-30-44(61-5)43(60-4)29-40(41)45(38)46/h8-22,27-30H,6-7,23-26H2,1-5H3. The van der Waals surface area contributed by atoms with Gasteiger partial charge >= 0.3 is 12.4 Å². The van der Waals surface area contributed by atoms with Gasteiger partial charge in [-0.25, -0.2) is 0 Å². The number of hydrogen-bond acceptors (Lipinski definition) is 5. The van der Waals surface area contributed by atoms with Gasteiger partial charge < -0.3 is 23.7 Å². The molecule has 1 aliphatic carbocycles. The Morgan fingerprint density at radius 1 is 0.581 bits per heavy atom. The highest BCUT2D eigenvalue weighted by molar-refractivity contribution is 6.10. The van der Waals surface area contributed by atoms with Crippen LogP contribution in [-0.2, 0) is 11.0 Å². The van der Waals surface area contributed by atoms with Crippen LogP contribution in [0, 0.1) is 6.92 Å². The van der Waals surface area contributed by atoms with Crippen molar-refractivity contribution in [2.24, 2.45) is 0 Å². The summed E-state index contributed by atoms with van der Waals surface area (Å²) in [5.74, 6) is 2.47. The first-order valence-corrected chi connectivity index (χ1v) is 20.4. The van der Waals surface area contributed by atoms with Crippen molar-refractivity contribution in [3.63, 3.8) is 0 Å². The van der Waals surface area contributed by atoms with Crippen molar-refractivity contribution in [2.75, 3.05) is 28.4 Å². The SMILES string of the molecule is COc1ccc(C2(c3ccc(OC)cc3)C=Cc3c4c(c5cc(OC)c(OC)cc5c3O2)-c2ccc(-c3ccc(C)cc3)cc2C4(CCCC(F)(F)F)CCCC(F)(F)F)cc1. The average molecular weight is 853 g/mol. The first-order chi connectivity index (χ1) is 29.6. The summed E-state index contributed by atoms with van der Waals surface area (Å²) in [6, 6.07) is 32.3. The van der Waals surface area contributed by atoms with Crippen LogP contribution < -0.4 is 23.7 Å². The Bertz CT molecular complexity index is 2560. The maximum atomic E-state index is 14.1. The normalized spacial score (nSPS) is 14.8. The quantitative estimate of drug-likeness (QED) is 0.108.